The van der Waals surface area contributed by atoms with Crippen molar-refractivity contribution in [3.8, 4) is 44.9 Å². The summed E-state index contributed by atoms with van der Waals surface area (Å²) in [7, 11) is 0. The Morgan fingerprint density at radius 3 is 1.54 bits per heavy atom. The lowest BCUT2D eigenvalue weighted by Crippen LogP contribution is -2.23. The highest BCUT2D eigenvalue weighted by atomic mass is 14.7. The van der Waals surface area contributed by atoms with E-state index in [9.17, 15) is 5.48 Å². The molecule has 0 radical (unpaired) electrons. The average molecular weight is 934 g/mol. The molecular formula is C68H71N3. The minimum absolute atomic E-state index is 0.240. The van der Waals surface area contributed by atoms with Gasteiger partial charge in [0.05, 0.1) is 17.1 Å². The fraction of sp³-hybridized carbons (Fsp3) is 0.338. The highest BCUT2D eigenvalue weighted by Gasteiger charge is 2.27. The summed E-state index contributed by atoms with van der Waals surface area (Å²) in [6.07, 6.45) is 13.6. The third kappa shape index (κ3) is 10.1. The van der Waals surface area contributed by atoms with Gasteiger partial charge in [0.1, 0.15) is 0 Å². The van der Waals surface area contributed by atoms with Crippen LogP contribution in [0, 0.1) is 13.8 Å². The summed E-state index contributed by atoms with van der Waals surface area (Å²) < 4.78 is 40.7. The van der Waals surface area contributed by atoms with Crippen LogP contribution in [0.1, 0.15) is 150 Å². The first-order valence-electron chi connectivity index (χ1n) is 28.4. The molecule has 0 spiro atoms. The van der Waals surface area contributed by atoms with Gasteiger partial charge < -0.3 is 0 Å². The zero-order valence-electron chi connectivity index (χ0n) is 46.8. The molecule has 1 fully saturated rings. The van der Waals surface area contributed by atoms with E-state index in [0.717, 1.165) is 98.4 Å². The summed E-state index contributed by atoms with van der Waals surface area (Å²) >= 11 is 0. The number of pyridine rings is 3. The molecule has 0 atom stereocenters. The van der Waals surface area contributed by atoms with Crippen molar-refractivity contribution in [2.45, 2.75) is 148 Å². The second kappa shape index (κ2) is 19.6. The molecule has 0 amide bonds. The Balaban J connectivity index is 0.974. The van der Waals surface area contributed by atoms with Crippen LogP contribution < -0.4 is 0 Å². The van der Waals surface area contributed by atoms with E-state index in [0.29, 0.717) is 29.9 Å². The molecule has 0 saturated heterocycles. The SMILES string of the molecule is [2H]C([2H])(c1cc(CC(C)(C)c2ccc(-c3ccc4c(c3)CCC4)nc2)cc(CC(C)(C)c2ccc(-c3ccc4c(c3)CCC4)nc2)c1)C([2H])([2H])c1cnc(-c2ccccc2)cc1-c1c(C)cc(C2CCCC2)cc1C. The van der Waals surface area contributed by atoms with Gasteiger partial charge in [-0.3, -0.25) is 15.0 Å². The van der Waals surface area contributed by atoms with Crippen molar-refractivity contribution < 1.29 is 5.48 Å². The minimum Gasteiger partial charge on any atom is -0.256 e. The molecular weight excluding hydrogens is 859 g/mol. The van der Waals surface area contributed by atoms with E-state index in [-0.39, 0.29) is 16.4 Å². The number of benzene rings is 5. The van der Waals surface area contributed by atoms with Gasteiger partial charge >= 0.3 is 0 Å². The predicted octanol–water partition coefficient (Wildman–Crippen LogP) is 16.6. The number of rotatable bonds is 14. The maximum absolute atomic E-state index is 10.2. The molecule has 71 heavy (non-hydrogen) atoms. The Bertz CT molecular complexity index is 3250. The van der Waals surface area contributed by atoms with Crippen LogP contribution in [0.3, 0.4) is 0 Å². The Labute approximate surface area is 429 Å². The van der Waals surface area contributed by atoms with Gasteiger partial charge in [0, 0.05) is 40.8 Å². The van der Waals surface area contributed by atoms with Gasteiger partial charge in [-0.05, 0) is 221 Å². The second-order valence-electron chi connectivity index (χ2n) is 22.4. The Kier molecular flexibility index (Phi) is 11.7. The number of aromatic nitrogens is 3. The number of fused-ring (bicyclic) bond motifs is 2. The van der Waals surface area contributed by atoms with Crippen molar-refractivity contribution in [1.82, 2.24) is 15.0 Å². The maximum atomic E-state index is 10.2. The zero-order chi connectivity index (χ0) is 52.3. The topological polar surface area (TPSA) is 38.7 Å². The molecule has 8 aromatic rings. The Hall–Kier alpha value is -6.45. The summed E-state index contributed by atoms with van der Waals surface area (Å²) in [6, 6.07) is 44.8. The van der Waals surface area contributed by atoms with Gasteiger partial charge in [0.25, 0.3) is 0 Å². The van der Waals surface area contributed by atoms with Crippen molar-refractivity contribution >= 4 is 0 Å². The highest BCUT2D eigenvalue weighted by molar-refractivity contribution is 5.78. The van der Waals surface area contributed by atoms with Crippen molar-refractivity contribution in [3.63, 3.8) is 0 Å². The monoisotopic (exact) mass is 934 g/mol. The number of nitrogens with zero attached hydrogens (tertiary/aromatic N) is 3. The fourth-order valence-electron chi connectivity index (χ4n) is 12.2. The predicted molar refractivity (Wildman–Crippen MR) is 296 cm³/mol. The highest BCUT2D eigenvalue weighted by Crippen LogP contribution is 2.41. The van der Waals surface area contributed by atoms with Crippen LogP contribution in [-0.4, -0.2) is 15.0 Å². The molecule has 0 unspecified atom stereocenters. The largest absolute Gasteiger partial charge is 0.256 e. The molecule has 0 aliphatic heterocycles. The number of hydrogen-bond acceptors (Lipinski definition) is 3. The van der Waals surface area contributed by atoms with Crippen LogP contribution in [0.2, 0.25) is 0 Å². The molecule has 3 heterocycles. The standard InChI is InChI=1S/C68H71N3/c1-45-32-59(50-14-10-11-15-50)33-46(2)66(45)62-39-65(53-16-8-7-9-17-53)69-42-58(62)23-22-47-34-48(40-67(3,4)60-28-30-63(70-43-60)56-26-24-51-18-12-20-54(51)37-56)36-49(35-47)41-68(5,6)61-29-31-64(71-44-61)57-27-25-52-19-13-21-55(52)38-57/h7-9,16-17,24-39,42-44,50H,10-15,18-23,40-41H2,1-6H3/i22D2,23D2. The minimum atomic E-state index is -2.51. The van der Waals surface area contributed by atoms with Crippen LogP contribution in [0.5, 0.6) is 0 Å². The van der Waals surface area contributed by atoms with Gasteiger partial charge in [0.15, 0.2) is 0 Å². The normalized spacial score (nSPS) is 16.0. The molecule has 0 bridgehead atoms. The van der Waals surface area contributed by atoms with Crippen molar-refractivity contribution in [1.29, 1.82) is 0 Å². The Morgan fingerprint density at radius 2 is 1.00 bits per heavy atom. The molecule has 1 saturated carbocycles. The zero-order valence-corrected chi connectivity index (χ0v) is 42.8. The van der Waals surface area contributed by atoms with E-state index >= 15 is 0 Å². The first kappa shape index (κ1) is 42.3. The van der Waals surface area contributed by atoms with Gasteiger partial charge in [-0.2, -0.15) is 0 Å². The molecule has 3 nitrogen and oxygen atoms in total. The van der Waals surface area contributed by atoms with Gasteiger partial charge in [-0.15, -0.1) is 0 Å². The van der Waals surface area contributed by atoms with Crippen LogP contribution in [0.4, 0.5) is 0 Å². The van der Waals surface area contributed by atoms with Gasteiger partial charge in [-0.1, -0.05) is 138 Å². The lowest BCUT2D eigenvalue weighted by molar-refractivity contribution is 0.512. The fourth-order valence-corrected chi connectivity index (χ4v) is 12.2. The molecule has 5 aromatic carbocycles. The average Bonchev–Trinajstić information content (AvgIpc) is 4.22. The Morgan fingerprint density at radius 1 is 0.479 bits per heavy atom. The number of aryl methyl sites for hydroxylation is 8. The molecule has 358 valence electrons. The summed E-state index contributed by atoms with van der Waals surface area (Å²) in [4.78, 5) is 14.9. The molecule has 3 aliphatic carbocycles. The van der Waals surface area contributed by atoms with Crippen LogP contribution in [0.15, 0.2) is 146 Å². The molecule has 11 rings (SSSR count). The van der Waals surface area contributed by atoms with Crippen molar-refractivity contribution in [2.24, 2.45) is 0 Å². The maximum Gasteiger partial charge on any atom is 0.0708 e. The van der Waals surface area contributed by atoms with Gasteiger partial charge in [-0.25, -0.2) is 0 Å². The number of hydrogen-bond donors (Lipinski definition) is 0. The molecule has 3 heteroatoms. The summed E-state index contributed by atoms with van der Waals surface area (Å²) in [5.74, 6) is 0.529. The lowest BCUT2D eigenvalue weighted by Gasteiger charge is -2.28. The molecule has 0 N–H and O–H groups in total. The van der Waals surface area contributed by atoms with Crippen molar-refractivity contribution in [2.75, 3.05) is 0 Å². The summed E-state index contributed by atoms with van der Waals surface area (Å²) in [5, 5.41) is 0. The smallest absolute Gasteiger partial charge is 0.0708 e. The third-order valence-electron chi connectivity index (χ3n) is 16.2. The lowest BCUT2D eigenvalue weighted by atomic mass is 9.77. The van der Waals surface area contributed by atoms with Crippen molar-refractivity contribution in [3.05, 3.63) is 218 Å². The first-order valence-corrected chi connectivity index (χ1v) is 26.4. The summed E-state index contributed by atoms with van der Waals surface area (Å²) in [5.41, 5.74) is 20.6. The van der Waals surface area contributed by atoms with E-state index in [2.05, 4.69) is 120 Å². The van der Waals surface area contributed by atoms with Gasteiger partial charge in [0.2, 0.25) is 0 Å². The van der Waals surface area contributed by atoms with Crippen LogP contribution in [-0.2, 0) is 62.1 Å². The van der Waals surface area contributed by atoms with Crippen LogP contribution in [0.25, 0.3) is 44.9 Å². The van der Waals surface area contributed by atoms with E-state index in [1.165, 1.54) is 66.3 Å². The third-order valence-corrected chi connectivity index (χ3v) is 16.2. The van der Waals surface area contributed by atoms with E-state index in [4.69, 9.17) is 15.0 Å². The van der Waals surface area contributed by atoms with Crippen LogP contribution >= 0.6 is 0 Å². The quantitative estimate of drug-likeness (QED) is 0.109. The first-order chi connectivity index (χ1) is 35.9. The molecule has 3 aromatic heterocycles. The summed E-state index contributed by atoms with van der Waals surface area (Å²) in [6.45, 7) is 13.2. The van der Waals surface area contributed by atoms with E-state index in [1.54, 1.807) is 6.20 Å². The molecule has 3 aliphatic rings. The van der Waals surface area contributed by atoms with E-state index < -0.39 is 12.7 Å². The van der Waals surface area contributed by atoms with E-state index in [1.807, 2.05) is 60.9 Å². The second-order valence-corrected chi connectivity index (χ2v) is 22.4.